The van der Waals surface area contributed by atoms with Crippen molar-refractivity contribution in [2.24, 2.45) is 17.8 Å². The van der Waals surface area contributed by atoms with Gasteiger partial charge in [-0.25, -0.2) is 4.68 Å². The third-order valence-corrected chi connectivity index (χ3v) is 4.86. The number of benzene rings is 1. The minimum atomic E-state index is 0.261. The normalized spacial score (nSPS) is 27.9. The second-order valence-electron chi connectivity index (χ2n) is 5.97. The molecule has 2 saturated carbocycles. The average Bonchev–Trinajstić information content (AvgIpc) is 3.02. The molecule has 2 aliphatic carbocycles. The number of para-hydroxylation sites is 1. The van der Waals surface area contributed by atoms with E-state index in [1.807, 2.05) is 36.4 Å². The minimum absolute atomic E-state index is 0.261. The van der Waals surface area contributed by atoms with Crippen LogP contribution in [0, 0.1) is 17.8 Å². The van der Waals surface area contributed by atoms with E-state index >= 15 is 0 Å². The highest BCUT2D eigenvalue weighted by atomic mass is 16.1. The molecule has 0 bridgehead atoms. The number of rotatable bonds is 3. The van der Waals surface area contributed by atoms with Gasteiger partial charge in [0, 0.05) is 5.92 Å². The third kappa shape index (κ3) is 1.80. The van der Waals surface area contributed by atoms with Crippen LogP contribution in [0.25, 0.3) is 5.69 Å². The summed E-state index contributed by atoms with van der Waals surface area (Å²) in [7, 11) is 0. The SMILES string of the molecule is O=C(c1ccnn1-c1ccccc1)C1C2CCCCC21. The number of nitrogens with zero attached hydrogens (tertiary/aromatic N) is 2. The van der Waals surface area contributed by atoms with Crippen LogP contribution < -0.4 is 0 Å². The summed E-state index contributed by atoms with van der Waals surface area (Å²) in [6, 6.07) is 11.8. The smallest absolute Gasteiger partial charge is 0.184 e. The largest absolute Gasteiger partial charge is 0.292 e. The van der Waals surface area contributed by atoms with Crippen molar-refractivity contribution in [3.63, 3.8) is 0 Å². The van der Waals surface area contributed by atoms with E-state index in [1.54, 1.807) is 10.9 Å². The number of ketones is 1. The Bertz CT molecular complexity index is 619. The Kier molecular flexibility index (Phi) is 2.72. The first-order valence-corrected chi connectivity index (χ1v) is 7.50. The van der Waals surface area contributed by atoms with Crippen LogP contribution in [0.5, 0.6) is 0 Å². The molecule has 0 saturated heterocycles. The Morgan fingerprint density at radius 3 is 2.45 bits per heavy atom. The standard InChI is InChI=1S/C17H18N2O/c20-17(16-13-8-4-5-9-14(13)16)15-10-11-18-19(15)12-6-2-1-3-7-12/h1-3,6-7,10-11,13-14,16H,4-5,8-9H2. The molecule has 0 amide bonds. The number of carbonyl (C=O) groups is 1. The van der Waals surface area contributed by atoms with E-state index in [2.05, 4.69) is 5.10 Å². The van der Waals surface area contributed by atoms with Gasteiger partial charge in [-0.15, -0.1) is 0 Å². The minimum Gasteiger partial charge on any atom is -0.292 e. The van der Waals surface area contributed by atoms with E-state index in [0.717, 1.165) is 11.4 Å². The molecule has 2 unspecified atom stereocenters. The van der Waals surface area contributed by atoms with Gasteiger partial charge in [-0.3, -0.25) is 4.79 Å². The van der Waals surface area contributed by atoms with Crippen LogP contribution in [0.3, 0.4) is 0 Å². The highest BCUT2D eigenvalue weighted by Gasteiger charge is 2.55. The summed E-state index contributed by atoms with van der Waals surface area (Å²) in [6.45, 7) is 0. The molecule has 0 aliphatic heterocycles. The van der Waals surface area contributed by atoms with Crippen molar-refractivity contribution < 1.29 is 4.79 Å². The lowest BCUT2D eigenvalue weighted by molar-refractivity contribution is 0.0948. The van der Waals surface area contributed by atoms with Gasteiger partial charge in [-0.2, -0.15) is 5.10 Å². The molecule has 2 atom stereocenters. The summed E-state index contributed by atoms with van der Waals surface area (Å²) >= 11 is 0. The maximum absolute atomic E-state index is 12.8. The van der Waals surface area contributed by atoms with Crippen molar-refractivity contribution in [1.82, 2.24) is 9.78 Å². The molecule has 1 aromatic heterocycles. The maximum Gasteiger partial charge on any atom is 0.184 e. The molecule has 0 radical (unpaired) electrons. The first-order valence-electron chi connectivity index (χ1n) is 7.50. The molecule has 2 aromatic rings. The molecule has 3 nitrogen and oxygen atoms in total. The lowest BCUT2D eigenvalue weighted by Crippen LogP contribution is -2.12. The second kappa shape index (κ2) is 4.58. The van der Waals surface area contributed by atoms with Gasteiger partial charge in [0.15, 0.2) is 5.78 Å². The molecular formula is C17H18N2O. The Morgan fingerprint density at radius 2 is 1.75 bits per heavy atom. The van der Waals surface area contributed by atoms with E-state index in [0.29, 0.717) is 17.6 Å². The molecule has 2 aliphatic rings. The van der Waals surface area contributed by atoms with E-state index in [9.17, 15) is 4.79 Å². The number of carbonyl (C=O) groups excluding carboxylic acids is 1. The zero-order valence-corrected chi connectivity index (χ0v) is 11.4. The predicted molar refractivity (Wildman–Crippen MR) is 76.8 cm³/mol. The molecule has 4 rings (SSSR count). The summed E-state index contributed by atoms with van der Waals surface area (Å²) < 4.78 is 1.78. The lowest BCUT2D eigenvalue weighted by Gasteiger charge is -2.06. The van der Waals surface area contributed by atoms with Gasteiger partial charge in [0.05, 0.1) is 11.9 Å². The Labute approximate surface area is 118 Å². The van der Waals surface area contributed by atoms with Gasteiger partial charge in [-0.05, 0) is 42.9 Å². The van der Waals surface area contributed by atoms with Gasteiger partial charge in [0.2, 0.25) is 0 Å². The number of fused-ring (bicyclic) bond motifs is 1. The van der Waals surface area contributed by atoms with Crippen LogP contribution in [0.4, 0.5) is 0 Å². The maximum atomic E-state index is 12.8. The molecule has 1 heterocycles. The topological polar surface area (TPSA) is 34.9 Å². The zero-order chi connectivity index (χ0) is 13.5. The van der Waals surface area contributed by atoms with Crippen molar-refractivity contribution in [1.29, 1.82) is 0 Å². The first-order chi connectivity index (χ1) is 9.86. The van der Waals surface area contributed by atoms with Gasteiger partial charge in [-0.1, -0.05) is 31.0 Å². The van der Waals surface area contributed by atoms with Gasteiger partial charge in [0.25, 0.3) is 0 Å². The fourth-order valence-corrected chi connectivity index (χ4v) is 3.82. The molecule has 3 heteroatoms. The molecular weight excluding hydrogens is 248 g/mol. The third-order valence-electron chi connectivity index (χ3n) is 4.86. The fraction of sp³-hybridized carbons (Fsp3) is 0.412. The molecule has 0 spiro atoms. The van der Waals surface area contributed by atoms with Crippen molar-refractivity contribution >= 4 is 5.78 Å². The number of hydrogen-bond donors (Lipinski definition) is 0. The van der Waals surface area contributed by atoms with Crippen molar-refractivity contribution in [2.45, 2.75) is 25.7 Å². The quantitative estimate of drug-likeness (QED) is 0.797. The van der Waals surface area contributed by atoms with E-state index in [1.165, 1.54) is 25.7 Å². The van der Waals surface area contributed by atoms with Crippen LogP contribution in [-0.4, -0.2) is 15.6 Å². The van der Waals surface area contributed by atoms with Gasteiger partial charge in [0.1, 0.15) is 5.69 Å². The second-order valence-corrected chi connectivity index (χ2v) is 5.97. The lowest BCUT2D eigenvalue weighted by atomic mass is 10.0. The summed E-state index contributed by atoms with van der Waals surface area (Å²) in [5, 5.41) is 4.33. The molecule has 20 heavy (non-hydrogen) atoms. The van der Waals surface area contributed by atoms with E-state index in [4.69, 9.17) is 0 Å². The highest BCUT2D eigenvalue weighted by molar-refractivity contribution is 5.99. The number of aromatic nitrogens is 2. The zero-order valence-electron chi connectivity index (χ0n) is 11.4. The fourth-order valence-electron chi connectivity index (χ4n) is 3.82. The first kappa shape index (κ1) is 11.9. The van der Waals surface area contributed by atoms with Crippen LogP contribution in [0.2, 0.25) is 0 Å². The summed E-state index contributed by atoms with van der Waals surface area (Å²) in [5.41, 5.74) is 1.71. The van der Waals surface area contributed by atoms with Crippen LogP contribution in [0.1, 0.15) is 36.2 Å². The Balaban J connectivity index is 1.64. The highest BCUT2D eigenvalue weighted by Crippen LogP contribution is 2.56. The van der Waals surface area contributed by atoms with Crippen molar-refractivity contribution in [3.05, 3.63) is 48.3 Å². The average molecular weight is 266 g/mol. The van der Waals surface area contributed by atoms with Crippen molar-refractivity contribution in [2.75, 3.05) is 0 Å². The number of Topliss-reactive ketones (excluding diaryl/α,β-unsaturated/α-hetero) is 1. The number of hydrogen-bond acceptors (Lipinski definition) is 2. The van der Waals surface area contributed by atoms with Gasteiger partial charge >= 0.3 is 0 Å². The van der Waals surface area contributed by atoms with Crippen LogP contribution >= 0.6 is 0 Å². The van der Waals surface area contributed by atoms with Gasteiger partial charge < -0.3 is 0 Å². The summed E-state index contributed by atoms with van der Waals surface area (Å²) in [5.74, 6) is 1.85. The van der Waals surface area contributed by atoms with Crippen LogP contribution in [0.15, 0.2) is 42.6 Å². The van der Waals surface area contributed by atoms with E-state index < -0.39 is 0 Å². The molecule has 102 valence electrons. The predicted octanol–water partition coefficient (Wildman–Crippen LogP) is 3.49. The van der Waals surface area contributed by atoms with Crippen LogP contribution in [-0.2, 0) is 0 Å². The molecule has 1 aromatic carbocycles. The monoisotopic (exact) mass is 266 g/mol. The molecule has 0 N–H and O–H groups in total. The Hall–Kier alpha value is -1.90. The van der Waals surface area contributed by atoms with E-state index in [-0.39, 0.29) is 5.92 Å². The van der Waals surface area contributed by atoms with Crippen molar-refractivity contribution in [3.8, 4) is 5.69 Å². The summed E-state index contributed by atoms with van der Waals surface area (Å²) in [6.07, 6.45) is 6.79. The molecule has 2 fully saturated rings. The summed E-state index contributed by atoms with van der Waals surface area (Å²) in [4.78, 5) is 12.8. The Morgan fingerprint density at radius 1 is 1.05 bits per heavy atom.